The molecule has 5 nitrogen and oxygen atoms in total. The van der Waals surface area contributed by atoms with Gasteiger partial charge in [-0.15, -0.1) is 0 Å². The van der Waals surface area contributed by atoms with Crippen molar-refractivity contribution >= 4 is 15.9 Å². The zero-order chi connectivity index (χ0) is 15.6. The summed E-state index contributed by atoms with van der Waals surface area (Å²) in [5.41, 5.74) is 1.20. The van der Waals surface area contributed by atoms with Gasteiger partial charge in [-0.25, -0.2) is 4.39 Å². The summed E-state index contributed by atoms with van der Waals surface area (Å²) in [5.74, 6) is 0.189. The average molecular weight is 322 g/mol. The maximum Gasteiger partial charge on any atom is 0.302 e. The number of ether oxygens (including phenoxy) is 1. The second-order valence-electron chi connectivity index (χ2n) is 4.84. The first-order chi connectivity index (χ1) is 10.6. The van der Waals surface area contributed by atoms with Crippen LogP contribution in [0.2, 0.25) is 0 Å². The molecule has 7 heteroatoms. The molecule has 0 bridgehead atoms. The third-order valence-electron chi connectivity index (χ3n) is 3.35. The first-order valence-corrected chi connectivity index (χ1v) is 8.24. The van der Waals surface area contributed by atoms with Gasteiger partial charge in [0.15, 0.2) is 0 Å². The lowest BCUT2D eigenvalue weighted by molar-refractivity contribution is 0.315. The first kappa shape index (κ1) is 14.8. The van der Waals surface area contributed by atoms with Gasteiger partial charge in [-0.3, -0.25) is 4.31 Å². The van der Waals surface area contributed by atoms with Crippen LogP contribution in [0.5, 0.6) is 5.75 Å². The number of benzene rings is 2. The molecule has 22 heavy (non-hydrogen) atoms. The van der Waals surface area contributed by atoms with Gasteiger partial charge in [0.05, 0.1) is 12.2 Å². The Morgan fingerprint density at radius 2 is 1.86 bits per heavy atom. The number of fused-ring (bicyclic) bond motifs is 1. The Kier molecular flexibility index (Phi) is 4.00. The van der Waals surface area contributed by atoms with Crippen LogP contribution in [0.3, 0.4) is 0 Å². The summed E-state index contributed by atoms with van der Waals surface area (Å²) in [6, 6.07) is 12.7. The quantitative estimate of drug-likeness (QED) is 0.937. The Balaban J connectivity index is 1.78. The summed E-state index contributed by atoms with van der Waals surface area (Å²) in [4.78, 5) is 0. The van der Waals surface area contributed by atoms with Crippen LogP contribution >= 0.6 is 0 Å². The Hall–Kier alpha value is -2.12. The van der Waals surface area contributed by atoms with E-state index in [4.69, 9.17) is 4.74 Å². The van der Waals surface area contributed by atoms with Crippen molar-refractivity contribution in [3.8, 4) is 5.75 Å². The lowest BCUT2D eigenvalue weighted by Gasteiger charge is -2.30. The maximum absolute atomic E-state index is 12.9. The fourth-order valence-corrected chi connectivity index (χ4v) is 3.48. The fraction of sp³-hybridized carbons (Fsp3) is 0.200. The van der Waals surface area contributed by atoms with E-state index in [0.717, 1.165) is 0 Å². The van der Waals surface area contributed by atoms with Crippen LogP contribution in [0.15, 0.2) is 48.5 Å². The minimum absolute atomic E-state index is 0.0993. The third kappa shape index (κ3) is 3.05. The van der Waals surface area contributed by atoms with Crippen molar-refractivity contribution in [2.45, 2.75) is 6.54 Å². The Bertz CT molecular complexity index is 763. The van der Waals surface area contributed by atoms with Gasteiger partial charge >= 0.3 is 10.2 Å². The predicted octanol–water partition coefficient (Wildman–Crippen LogP) is 2.06. The molecule has 0 spiro atoms. The van der Waals surface area contributed by atoms with Crippen molar-refractivity contribution in [2.24, 2.45) is 0 Å². The number of rotatable bonds is 4. The summed E-state index contributed by atoms with van der Waals surface area (Å²) >= 11 is 0. The zero-order valence-electron chi connectivity index (χ0n) is 11.7. The maximum atomic E-state index is 12.9. The Morgan fingerprint density at radius 1 is 1.14 bits per heavy atom. The van der Waals surface area contributed by atoms with Gasteiger partial charge in [-0.1, -0.05) is 24.3 Å². The van der Waals surface area contributed by atoms with Gasteiger partial charge < -0.3 is 4.74 Å². The van der Waals surface area contributed by atoms with Crippen molar-refractivity contribution in [1.29, 1.82) is 0 Å². The highest BCUT2D eigenvalue weighted by Crippen LogP contribution is 2.32. The number of nitrogens with one attached hydrogen (secondary N) is 1. The minimum Gasteiger partial charge on any atom is -0.489 e. The molecule has 0 fully saturated rings. The van der Waals surface area contributed by atoms with Crippen LogP contribution in [0.25, 0.3) is 0 Å². The van der Waals surface area contributed by atoms with E-state index in [1.165, 1.54) is 16.4 Å². The predicted molar refractivity (Wildman–Crippen MR) is 81.4 cm³/mol. The number of hydrogen-bond acceptors (Lipinski definition) is 3. The van der Waals surface area contributed by atoms with E-state index in [0.29, 0.717) is 23.6 Å². The summed E-state index contributed by atoms with van der Waals surface area (Å²) in [7, 11) is -3.70. The number of hydrogen-bond donors (Lipinski definition) is 1. The van der Waals surface area contributed by atoms with E-state index >= 15 is 0 Å². The van der Waals surface area contributed by atoms with Crippen molar-refractivity contribution in [1.82, 2.24) is 4.72 Å². The molecule has 0 amide bonds. The second kappa shape index (κ2) is 5.94. The second-order valence-corrected chi connectivity index (χ2v) is 6.52. The largest absolute Gasteiger partial charge is 0.489 e. The molecule has 1 aliphatic rings. The van der Waals surface area contributed by atoms with Gasteiger partial charge in [-0.05, 0) is 29.8 Å². The van der Waals surface area contributed by atoms with E-state index < -0.39 is 10.2 Å². The number of para-hydroxylation sites is 2. The highest BCUT2D eigenvalue weighted by molar-refractivity contribution is 7.90. The highest BCUT2D eigenvalue weighted by atomic mass is 32.2. The van der Waals surface area contributed by atoms with E-state index in [1.807, 2.05) is 0 Å². The number of anilines is 1. The first-order valence-electron chi connectivity index (χ1n) is 6.80. The smallest absolute Gasteiger partial charge is 0.302 e. The third-order valence-corrected chi connectivity index (χ3v) is 4.82. The zero-order valence-corrected chi connectivity index (χ0v) is 12.5. The van der Waals surface area contributed by atoms with Gasteiger partial charge in [0.25, 0.3) is 0 Å². The molecule has 2 aromatic rings. The molecule has 0 aromatic heterocycles. The molecular formula is C15H15FN2O3S. The van der Waals surface area contributed by atoms with Crippen LogP contribution < -0.4 is 13.8 Å². The molecule has 0 unspecified atom stereocenters. The molecule has 116 valence electrons. The van der Waals surface area contributed by atoms with E-state index in [9.17, 15) is 12.8 Å². The summed E-state index contributed by atoms with van der Waals surface area (Å²) in [6.45, 7) is 0.645. The highest BCUT2D eigenvalue weighted by Gasteiger charge is 2.27. The molecule has 1 aliphatic heterocycles. The average Bonchev–Trinajstić information content (AvgIpc) is 2.54. The molecule has 1 N–H and O–H groups in total. The number of nitrogens with zero attached hydrogens (tertiary/aromatic N) is 1. The van der Waals surface area contributed by atoms with Crippen molar-refractivity contribution in [3.63, 3.8) is 0 Å². The van der Waals surface area contributed by atoms with E-state index in [-0.39, 0.29) is 18.9 Å². The summed E-state index contributed by atoms with van der Waals surface area (Å²) in [6.07, 6.45) is 0. The van der Waals surface area contributed by atoms with Crippen molar-refractivity contribution in [3.05, 3.63) is 59.9 Å². The molecule has 3 rings (SSSR count). The minimum atomic E-state index is -3.70. The molecule has 2 aromatic carbocycles. The van der Waals surface area contributed by atoms with Gasteiger partial charge in [0.1, 0.15) is 18.2 Å². The topological polar surface area (TPSA) is 58.6 Å². The molecule has 0 aliphatic carbocycles. The molecule has 0 atom stereocenters. The van der Waals surface area contributed by atoms with Crippen LogP contribution in [-0.2, 0) is 16.8 Å². The molecule has 0 radical (unpaired) electrons. The van der Waals surface area contributed by atoms with Crippen molar-refractivity contribution < 1.29 is 17.5 Å². The summed E-state index contributed by atoms with van der Waals surface area (Å²) < 4.78 is 47.1. The SMILES string of the molecule is O=S(=O)(NCc1ccc(F)cc1)N1CCOc2ccccc21. The fourth-order valence-electron chi connectivity index (χ4n) is 2.25. The summed E-state index contributed by atoms with van der Waals surface area (Å²) in [5, 5.41) is 0. The number of halogens is 1. The monoisotopic (exact) mass is 322 g/mol. The molecular weight excluding hydrogens is 307 g/mol. The van der Waals surface area contributed by atoms with Gasteiger partial charge in [0, 0.05) is 6.54 Å². The van der Waals surface area contributed by atoms with Crippen molar-refractivity contribution in [2.75, 3.05) is 17.5 Å². The molecule has 1 heterocycles. The van der Waals surface area contributed by atoms with Gasteiger partial charge in [0.2, 0.25) is 0 Å². The molecule has 0 saturated heterocycles. The lowest BCUT2D eigenvalue weighted by Crippen LogP contribution is -2.44. The Labute approximate surface area is 128 Å². The van der Waals surface area contributed by atoms with Crippen LogP contribution in [0, 0.1) is 5.82 Å². The van der Waals surface area contributed by atoms with Crippen LogP contribution in [0.4, 0.5) is 10.1 Å². The standard InChI is InChI=1S/C15H15FN2O3S/c16-13-7-5-12(6-8-13)11-17-22(19,20)18-9-10-21-15-4-2-1-3-14(15)18/h1-8,17H,9-11H2. The lowest BCUT2D eigenvalue weighted by atomic mass is 10.2. The van der Waals surface area contributed by atoms with Gasteiger partial charge in [-0.2, -0.15) is 13.1 Å². The normalized spacial score (nSPS) is 14.3. The Morgan fingerprint density at radius 3 is 2.64 bits per heavy atom. The van der Waals surface area contributed by atoms with Crippen LogP contribution in [0.1, 0.15) is 5.56 Å². The molecule has 0 saturated carbocycles. The van der Waals surface area contributed by atoms with E-state index in [1.54, 1.807) is 36.4 Å². The van der Waals surface area contributed by atoms with Crippen LogP contribution in [-0.4, -0.2) is 21.6 Å². The van der Waals surface area contributed by atoms with E-state index in [2.05, 4.69) is 4.72 Å².